The fraction of sp³-hybridized carbons (Fsp3) is 0.300. The molecule has 0 saturated carbocycles. The molecule has 2 aromatic rings. The molecule has 0 aliphatic carbocycles. The van der Waals surface area contributed by atoms with E-state index in [2.05, 4.69) is 0 Å². The molecule has 5 nitrogen and oxygen atoms in total. The molecule has 0 unspecified atom stereocenters. The van der Waals surface area contributed by atoms with Crippen LogP contribution >= 0.6 is 30.9 Å². The van der Waals surface area contributed by atoms with Crippen LogP contribution in [-0.2, 0) is 9.09 Å². The lowest BCUT2D eigenvalue weighted by Gasteiger charge is -2.41. The first kappa shape index (κ1) is 21.1. The average molecular weight is 441 g/mol. The summed E-state index contributed by atoms with van der Waals surface area (Å²) in [6, 6.07) is 17.1. The summed E-state index contributed by atoms with van der Waals surface area (Å²) in [5.41, 5.74) is 1.66. The lowest BCUT2D eigenvalue weighted by molar-refractivity contribution is 0.350. The Labute approximate surface area is 176 Å². The van der Waals surface area contributed by atoms with Crippen molar-refractivity contribution in [2.45, 2.75) is 0 Å². The van der Waals surface area contributed by atoms with Crippen molar-refractivity contribution in [3.8, 4) is 5.75 Å². The Kier molecular flexibility index (Phi) is 7.30. The monoisotopic (exact) mass is 440 g/mol. The summed E-state index contributed by atoms with van der Waals surface area (Å²) < 4.78 is 29.1. The first-order chi connectivity index (χ1) is 13.6. The summed E-state index contributed by atoms with van der Waals surface area (Å²) in [4.78, 5) is 0. The standard InChI is InChI=1S/C20H23Cl2N2O3P/c1-26-19-9-7-18(8-10-19)24-14-11-20(17-5-3-2-4-6-17)27-28(24,25)23(15-12-21)16-13-22/h2-11H,12-16H2,1H3/t28-/m1/s1. The number of hydrogen-bond donors (Lipinski definition) is 0. The van der Waals surface area contributed by atoms with Gasteiger partial charge in [-0.25, -0.2) is 9.24 Å². The van der Waals surface area contributed by atoms with Crippen molar-refractivity contribution in [2.75, 3.05) is 43.2 Å². The summed E-state index contributed by atoms with van der Waals surface area (Å²) in [5.74, 6) is 1.98. The quantitative estimate of drug-likeness (QED) is 0.402. The molecule has 0 aromatic heterocycles. The largest absolute Gasteiger partial charge is 0.497 e. The first-order valence-electron chi connectivity index (χ1n) is 8.97. The highest BCUT2D eigenvalue weighted by Crippen LogP contribution is 2.60. The number of ether oxygens (including phenoxy) is 1. The Bertz CT molecular complexity index is 840. The highest BCUT2D eigenvalue weighted by Gasteiger charge is 2.43. The predicted molar refractivity (Wildman–Crippen MR) is 116 cm³/mol. The molecular formula is C20H23Cl2N2O3P. The van der Waals surface area contributed by atoms with Crippen LogP contribution in [0.2, 0.25) is 0 Å². The number of anilines is 1. The van der Waals surface area contributed by atoms with Crippen LogP contribution in [0.15, 0.2) is 60.7 Å². The third kappa shape index (κ3) is 4.49. The summed E-state index contributed by atoms with van der Waals surface area (Å²) in [6.07, 6.45) is 1.94. The normalized spacial score (nSPS) is 19.3. The first-order valence-corrected chi connectivity index (χ1v) is 11.6. The van der Waals surface area contributed by atoms with E-state index in [9.17, 15) is 4.57 Å². The van der Waals surface area contributed by atoms with Gasteiger partial charge in [0, 0.05) is 36.1 Å². The lowest BCUT2D eigenvalue weighted by atomic mass is 10.2. The van der Waals surface area contributed by atoms with Crippen LogP contribution in [0.25, 0.3) is 5.76 Å². The number of benzene rings is 2. The van der Waals surface area contributed by atoms with Gasteiger partial charge in [0.05, 0.1) is 13.7 Å². The van der Waals surface area contributed by atoms with Crippen LogP contribution in [-0.4, -0.2) is 43.2 Å². The zero-order valence-corrected chi connectivity index (χ0v) is 18.0. The van der Waals surface area contributed by atoms with Gasteiger partial charge in [0.1, 0.15) is 11.5 Å². The lowest BCUT2D eigenvalue weighted by Crippen LogP contribution is -2.37. The van der Waals surface area contributed by atoms with E-state index in [4.69, 9.17) is 32.5 Å². The molecule has 0 amide bonds. The minimum absolute atomic E-state index is 0.324. The smallest absolute Gasteiger partial charge is 0.422 e. The predicted octanol–water partition coefficient (Wildman–Crippen LogP) is 5.46. The Hall–Kier alpha value is -1.65. The molecule has 0 radical (unpaired) electrons. The van der Waals surface area contributed by atoms with Crippen molar-refractivity contribution < 1.29 is 13.8 Å². The van der Waals surface area contributed by atoms with Crippen LogP contribution in [0.4, 0.5) is 5.69 Å². The molecule has 0 bridgehead atoms. The zero-order chi connectivity index (χ0) is 20.0. The maximum absolute atomic E-state index is 14.2. The van der Waals surface area contributed by atoms with Crippen LogP contribution in [0.1, 0.15) is 5.56 Å². The molecule has 3 rings (SSSR count). The number of alkyl halides is 2. The van der Waals surface area contributed by atoms with E-state index in [1.54, 1.807) is 16.5 Å². The number of hydrogen-bond acceptors (Lipinski definition) is 3. The maximum atomic E-state index is 14.2. The summed E-state index contributed by atoms with van der Waals surface area (Å²) in [5, 5.41) is 0. The van der Waals surface area contributed by atoms with Gasteiger partial charge in [-0.15, -0.1) is 23.2 Å². The third-order valence-corrected chi connectivity index (χ3v) is 7.34. The molecular weight excluding hydrogens is 418 g/mol. The number of rotatable bonds is 8. The summed E-state index contributed by atoms with van der Waals surface area (Å²) >= 11 is 12.0. The number of methoxy groups -OCH3 is 1. The molecule has 0 fully saturated rings. The van der Waals surface area contributed by atoms with E-state index in [1.807, 2.05) is 60.7 Å². The van der Waals surface area contributed by atoms with Gasteiger partial charge in [-0.1, -0.05) is 30.3 Å². The fourth-order valence-corrected chi connectivity index (χ4v) is 6.05. The molecule has 1 atom stereocenters. The van der Waals surface area contributed by atoms with Crippen LogP contribution in [0.3, 0.4) is 0 Å². The Morgan fingerprint density at radius 2 is 1.71 bits per heavy atom. The molecule has 1 aliphatic rings. The second-order valence-corrected chi connectivity index (χ2v) is 9.10. The van der Waals surface area contributed by atoms with Crippen molar-refractivity contribution >= 4 is 42.3 Å². The second-order valence-electron chi connectivity index (χ2n) is 6.13. The topological polar surface area (TPSA) is 42.0 Å². The van der Waals surface area contributed by atoms with Gasteiger partial charge in [0.15, 0.2) is 0 Å². The molecule has 1 aliphatic heterocycles. The molecule has 2 aromatic carbocycles. The van der Waals surface area contributed by atoms with Gasteiger partial charge in [-0.05, 0) is 30.3 Å². The van der Waals surface area contributed by atoms with E-state index >= 15 is 0 Å². The van der Waals surface area contributed by atoms with E-state index in [1.165, 1.54) is 0 Å². The maximum Gasteiger partial charge on any atom is 0.422 e. The summed E-state index contributed by atoms with van der Waals surface area (Å²) in [6.45, 7) is 1.25. The van der Waals surface area contributed by atoms with Crippen molar-refractivity contribution in [1.29, 1.82) is 0 Å². The second kappa shape index (κ2) is 9.71. The van der Waals surface area contributed by atoms with Gasteiger partial charge in [-0.2, -0.15) is 0 Å². The molecule has 28 heavy (non-hydrogen) atoms. The molecule has 0 spiro atoms. The molecule has 1 heterocycles. The number of halogens is 2. The minimum atomic E-state index is -3.45. The van der Waals surface area contributed by atoms with E-state index in [0.29, 0.717) is 37.2 Å². The van der Waals surface area contributed by atoms with Gasteiger partial charge in [0.25, 0.3) is 0 Å². The van der Waals surface area contributed by atoms with Crippen LogP contribution in [0.5, 0.6) is 5.75 Å². The molecule has 150 valence electrons. The van der Waals surface area contributed by atoms with Gasteiger partial charge < -0.3 is 9.26 Å². The van der Waals surface area contributed by atoms with Gasteiger partial charge in [0.2, 0.25) is 0 Å². The van der Waals surface area contributed by atoms with E-state index < -0.39 is 7.67 Å². The summed E-state index contributed by atoms with van der Waals surface area (Å²) in [7, 11) is -1.83. The van der Waals surface area contributed by atoms with Crippen LogP contribution < -0.4 is 9.41 Å². The van der Waals surface area contributed by atoms with Crippen molar-refractivity contribution in [1.82, 2.24) is 4.67 Å². The number of nitrogens with zero attached hydrogens (tertiary/aromatic N) is 2. The minimum Gasteiger partial charge on any atom is -0.497 e. The Morgan fingerprint density at radius 3 is 2.29 bits per heavy atom. The Morgan fingerprint density at radius 1 is 1.07 bits per heavy atom. The van der Waals surface area contributed by atoms with Crippen molar-refractivity contribution in [3.63, 3.8) is 0 Å². The molecule has 8 heteroatoms. The zero-order valence-electron chi connectivity index (χ0n) is 15.6. The molecule has 0 saturated heterocycles. The highest BCUT2D eigenvalue weighted by molar-refractivity contribution is 7.58. The van der Waals surface area contributed by atoms with Gasteiger partial charge in [-0.3, -0.25) is 4.67 Å². The Balaban J connectivity index is 2.02. The van der Waals surface area contributed by atoms with E-state index in [0.717, 1.165) is 17.0 Å². The SMILES string of the molecule is COc1ccc(N2CC=C(c3ccccc3)O[P@]2(=O)N(CCCl)CCCl)cc1. The average Bonchev–Trinajstić information content (AvgIpc) is 2.74. The van der Waals surface area contributed by atoms with E-state index in [-0.39, 0.29) is 0 Å². The van der Waals surface area contributed by atoms with Crippen molar-refractivity contribution in [3.05, 3.63) is 66.2 Å². The molecule has 0 N–H and O–H groups in total. The highest BCUT2D eigenvalue weighted by atomic mass is 35.5. The van der Waals surface area contributed by atoms with Gasteiger partial charge >= 0.3 is 7.67 Å². The van der Waals surface area contributed by atoms with Crippen LogP contribution in [0, 0.1) is 0 Å². The third-order valence-electron chi connectivity index (χ3n) is 4.44. The van der Waals surface area contributed by atoms with Crippen molar-refractivity contribution in [2.24, 2.45) is 0 Å². The fourth-order valence-electron chi connectivity index (χ4n) is 3.04.